The quantitative estimate of drug-likeness (QED) is 0.179. The first-order valence-electron chi connectivity index (χ1n) is 16.8. The molecule has 0 saturated carbocycles. The summed E-state index contributed by atoms with van der Waals surface area (Å²) in [5.74, 6) is -0.611. The van der Waals surface area contributed by atoms with Crippen molar-refractivity contribution < 1.29 is 23.5 Å². The van der Waals surface area contributed by atoms with E-state index in [1.54, 1.807) is 12.1 Å². The van der Waals surface area contributed by atoms with E-state index in [9.17, 15) is 9.59 Å². The SMILES string of the molecule is COc1c(CNCC2CCC(=O)N2)cc(Cl)c(OC2CCc3c(-c4cccc(NC(=O)c5nc6c(n5C)CCN(C)C6)c4Cl)cccc32)c1F. The molecule has 3 aliphatic rings. The molecule has 262 valence electrons. The van der Waals surface area contributed by atoms with Gasteiger partial charge in [0.2, 0.25) is 11.7 Å². The molecule has 0 radical (unpaired) electrons. The van der Waals surface area contributed by atoms with Crippen LogP contribution in [0.3, 0.4) is 0 Å². The Bertz CT molecular complexity index is 1980. The van der Waals surface area contributed by atoms with E-state index in [2.05, 4.69) is 25.8 Å². The Morgan fingerprint density at radius 3 is 2.66 bits per heavy atom. The van der Waals surface area contributed by atoms with E-state index < -0.39 is 11.9 Å². The van der Waals surface area contributed by atoms with Gasteiger partial charge >= 0.3 is 0 Å². The summed E-state index contributed by atoms with van der Waals surface area (Å²) in [4.78, 5) is 31.8. The highest BCUT2D eigenvalue weighted by atomic mass is 35.5. The Hall–Kier alpha value is -4.16. The fourth-order valence-electron chi connectivity index (χ4n) is 7.31. The second-order valence-corrected chi connectivity index (χ2v) is 13.9. The van der Waals surface area contributed by atoms with Gasteiger partial charge in [-0.1, -0.05) is 53.5 Å². The largest absolute Gasteiger partial charge is 0.493 e. The molecule has 2 unspecified atom stereocenters. The number of amides is 2. The van der Waals surface area contributed by atoms with Gasteiger partial charge in [-0.2, -0.15) is 4.39 Å². The summed E-state index contributed by atoms with van der Waals surface area (Å²) in [5.41, 5.74) is 6.66. The summed E-state index contributed by atoms with van der Waals surface area (Å²) in [7, 11) is 5.33. The summed E-state index contributed by atoms with van der Waals surface area (Å²) in [5, 5.41) is 9.71. The van der Waals surface area contributed by atoms with Gasteiger partial charge in [0.05, 0.1) is 28.5 Å². The molecule has 4 aromatic rings. The Balaban J connectivity index is 1.09. The summed E-state index contributed by atoms with van der Waals surface area (Å²) in [6.07, 6.45) is 2.93. The first-order valence-corrected chi connectivity index (χ1v) is 17.5. The molecule has 50 heavy (non-hydrogen) atoms. The molecule has 1 saturated heterocycles. The van der Waals surface area contributed by atoms with Crippen molar-refractivity contribution in [1.29, 1.82) is 0 Å². The Morgan fingerprint density at radius 2 is 1.88 bits per heavy atom. The second kappa shape index (κ2) is 14.2. The predicted molar refractivity (Wildman–Crippen MR) is 191 cm³/mol. The van der Waals surface area contributed by atoms with Crippen molar-refractivity contribution in [3.63, 3.8) is 0 Å². The lowest BCUT2D eigenvalue weighted by Gasteiger charge is -2.21. The number of benzene rings is 3. The maximum absolute atomic E-state index is 15.9. The number of hydrogen-bond acceptors (Lipinski definition) is 7. The van der Waals surface area contributed by atoms with Crippen LogP contribution in [-0.4, -0.2) is 59.6 Å². The number of rotatable bonds is 10. The van der Waals surface area contributed by atoms with Gasteiger partial charge in [-0.15, -0.1) is 0 Å². The van der Waals surface area contributed by atoms with E-state index in [0.717, 1.165) is 53.0 Å². The predicted octanol–water partition coefficient (Wildman–Crippen LogP) is 6.22. The minimum absolute atomic E-state index is 0.0402. The normalized spacial score (nSPS) is 18.5. The number of carbonyl (C=O) groups is 2. The molecule has 0 bridgehead atoms. The van der Waals surface area contributed by atoms with Crippen molar-refractivity contribution in [2.45, 2.75) is 57.3 Å². The van der Waals surface area contributed by atoms with E-state index in [-0.39, 0.29) is 34.4 Å². The molecule has 3 heterocycles. The molecule has 2 amide bonds. The van der Waals surface area contributed by atoms with Crippen molar-refractivity contribution in [2.24, 2.45) is 7.05 Å². The second-order valence-electron chi connectivity index (χ2n) is 13.1. The van der Waals surface area contributed by atoms with Crippen LogP contribution in [0.25, 0.3) is 11.1 Å². The summed E-state index contributed by atoms with van der Waals surface area (Å²) in [6, 6.07) is 13.1. The minimum Gasteiger partial charge on any atom is -0.493 e. The summed E-state index contributed by atoms with van der Waals surface area (Å²) in [6.45, 7) is 2.48. The number of imidazole rings is 1. The van der Waals surface area contributed by atoms with Gasteiger partial charge in [-0.25, -0.2) is 4.98 Å². The first-order chi connectivity index (χ1) is 24.1. The maximum atomic E-state index is 15.9. The van der Waals surface area contributed by atoms with E-state index in [4.69, 9.17) is 32.7 Å². The highest BCUT2D eigenvalue weighted by Gasteiger charge is 2.31. The molecule has 2 aliphatic heterocycles. The average Bonchev–Trinajstić information content (AvgIpc) is 3.80. The molecular weight excluding hydrogens is 682 g/mol. The standard InChI is InChI=1S/C37H39Cl2FN6O4/c1-45-15-14-29-28(19-45)43-36(46(29)2)37(48)44-27-9-5-8-25(32(27)39)22-6-4-7-24-23(22)11-12-30(24)50-35-26(38)16-20(34(49-3)33(35)40)17-41-18-21-10-13-31(47)42-21/h4-9,16,21,30,41H,10-15,17-19H2,1-3H3,(H,42,47)(H,44,48). The van der Waals surface area contributed by atoms with Crippen molar-refractivity contribution in [3.05, 3.63) is 92.2 Å². The zero-order chi connectivity index (χ0) is 35.1. The number of methoxy groups -OCH3 is 1. The van der Waals surface area contributed by atoms with Gasteiger partial charge in [0.15, 0.2) is 17.3 Å². The van der Waals surface area contributed by atoms with E-state index in [0.29, 0.717) is 61.0 Å². The number of carbonyl (C=O) groups excluding carboxylic acids is 2. The van der Waals surface area contributed by atoms with Crippen LogP contribution in [0.4, 0.5) is 10.1 Å². The molecule has 0 spiro atoms. The molecule has 1 aromatic heterocycles. The molecule has 7 rings (SSSR count). The van der Waals surface area contributed by atoms with Gasteiger partial charge in [-0.3, -0.25) is 9.59 Å². The number of halogens is 3. The number of aromatic nitrogens is 2. The van der Waals surface area contributed by atoms with Crippen molar-refractivity contribution in [1.82, 2.24) is 25.1 Å². The highest BCUT2D eigenvalue weighted by molar-refractivity contribution is 6.36. The van der Waals surface area contributed by atoms with Gasteiger partial charge < -0.3 is 34.9 Å². The lowest BCUT2D eigenvalue weighted by Crippen LogP contribution is -2.35. The van der Waals surface area contributed by atoms with Crippen LogP contribution in [0.5, 0.6) is 11.5 Å². The van der Waals surface area contributed by atoms with Crippen LogP contribution in [0.1, 0.15) is 64.1 Å². The Labute approximate surface area is 300 Å². The zero-order valence-electron chi connectivity index (χ0n) is 28.2. The fourth-order valence-corrected chi connectivity index (χ4v) is 7.85. The van der Waals surface area contributed by atoms with Gasteiger partial charge in [0, 0.05) is 68.9 Å². The summed E-state index contributed by atoms with van der Waals surface area (Å²) >= 11 is 13.6. The molecule has 3 aromatic carbocycles. The molecule has 1 aliphatic carbocycles. The Kier molecular flexibility index (Phi) is 9.76. The van der Waals surface area contributed by atoms with E-state index >= 15 is 4.39 Å². The molecule has 2 atom stereocenters. The van der Waals surface area contributed by atoms with E-state index in [1.165, 1.54) is 7.11 Å². The summed E-state index contributed by atoms with van der Waals surface area (Å²) < 4.78 is 29.5. The molecule has 3 N–H and O–H groups in total. The third-order valence-electron chi connectivity index (χ3n) is 9.87. The van der Waals surface area contributed by atoms with E-state index in [1.807, 2.05) is 49.0 Å². The van der Waals surface area contributed by atoms with Gasteiger partial charge in [0.25, 0.3) is 5.91 Å². The number of nitrogens with zero attached hydrogens (tertiary/aromatic N) is 3. The lowest BCUT2D eigenvalue weighted by atomic mass is 9.96. The van der Waals surface area contributed by atoms with Crippen LogP contribution in [0.15, 0.2) is 42.5 Å². The smallest absolute Gasteiger partial charge is 0.291 e. The number of likely N-dealkylation sites (N-methyl/N-ethyl adjacent to an activating group) is 1. The van der Waals surface area contributed by atoms with Crippen molar-refractivity contribution >= 4 is 40.7 Å². The third kappa shape index (κ3) is 6.55. The molecular formula is C37H39Cl2FN6O4. The van der Waals surface area contributed by atoms with Gasteiger partial charge in [0.1, 0.15) is 6.10 Å². The molecule has 10 nitrogen and oxygen atoms in total. The topological polar surface area (TPSA) is 110 Å². The lowest BCUT2D eigenvalue weighted by molar-refractivity contribution is -0.119. The van der Waals surface area contributed by atoms with Crippen LogP contribution in [-0.2, 0) is 37.8 Å². The van der Waals surface area contributed by atoms with Crippen LogP contribution in [0.2, 0.25) is 10.0 Å². The number of hydrogen-bond donors (Lipinski definition) is 3. The van der Waals surface area contributed by atoms with Crippen LogP contribution >= 0.6 is 23.2 Å². The average molecular weight is 722 g/mol. The molecule has 13 heteroatoms. The monoisotopic (exact) mass is 720 g/mol. The molecule has 1 fully saturated rings. The third-order valence-corrected chi connectivity index (χ3v) is 10.6. The van der Waals surface area contributed by atoms with Crippen LogP contribution in [0, 0.1) is 5.82 Å². The minimum atomic E-state index is -0.664. The fraction of sp³-hybridized carbons (Fsp3) is 0.378. The van der Waals surface area contributed by atoms with Gasteiger partial charge in [-0.05, 0) is 55.1 Å². The Morgan fingerprint density at radius 1 is 1.08 bits per heavy atom. The number of anilines is 1. The first kappa shape index (κ1) is 34.3. The zero-order valence-corrected chi connectivity index (χ0v) is 29.7. The highest BCUT2D eigenvalue weighted by Crippen LogP contribution is 2.46. The number of fused-ring (bicyclic) bond motifs is 2. The van der Waals surface area contributed by atoms with Crippen molar-refractivity contribution in [3.8, 4) is 22.6 Å². The van der Waals surface area contributed by atoms with Crippen LogP contribution < -0.4 is 25.4 Å². The number of ether oxygens (including phenoxy) is 2. The van der Waals surface area contributed by atoms with Crippen molar-refractivity contribution in [2.75, 3.05) is 32.6 Å². The number of nitrogens with one attached hydrogen (secondary N) is 3. The maximum Gasteiger partial charge on any atom is 0.291 e.